The Labute approximate surface area is 104 Å². The van der Waals surface area contributed by atoms with E-state index in [-0.39, 0.29) is 10.8 Å². The molecule has 1 aromatic heterocycles. The first-order chi connectivity index (χ1) is 8.08. The maximum atomic E-state index is 11.0. The molecule has 1 aliphatic carbocycles. The van der Waals surface area contributed by atoms with E-state index in [1.165, 1.54) is 0 Å². The second kappa shape index (κ2) is 4.98. The lowest BCUT2D eigenvalue weighted by Crippen LogP contribution is -2.35. The molecule has 0 aliphatic heterocycles. The zero-order valence-corrected chi connectivity index (χ0v) is 9.88. The highest BCUT2D eigenvalue weighted by atomic mass is 35.5. The van der Waals surface area contributed by atoms with Gasteiger partial charge in [0.1, 0.15) is 5.15 Å². The lowest BCUT2D eigenvalue weighted by Gasteiger charge is -2.28. The lowest BCUT2D eigenvalue weighted by molar-refractivity contribution is -0.531. The third kappa shape index (κ3) is 2.73. The van der Waals surface area contributed by atoms with Crippen LogP contribution in [-0.4, -0.2) is 27.2 Å². The highest BCUT2D eigenvalue weighted by Gasteiger charge is 2.38. The van der Waals surface area contributed by atoms with Gasteiger partial charge < -0.3 is 5.11 Å². The van der Waals surface area contributed by atoms with Crippen LogP contribution < -0.4 is 0 Å². The normalized spacial score (nSPS) is 28.9. The Bertz CT molecular complexity index is 410. The van der Waals surface area contributed by atoms with E-state index in [4.69, 9.17) is 11.6 Å². The molecule has 1 heterocycles. The summed E-state index contributed by atoms with van der Waals surface area (Å²) in [6.45, 7) is 0. The third-order valence-corrected chi connectivity index (χ3v) is 3.46. The summed E-state index contributed by atoms with van der Waals surface area (Å²) in [5.74, 6) is -0.279. The summed E-state index contributed by atoms with van der Waals surface area (Å²) in [6, 6.07) is 2.73. The van der Waals surface area contributed by atoms with Gasteiger partial charge in [0.25, 0.3) is 0 Å². The molecule has 92 valence electrons. The third-order valence-electron chi connectivity index (χ3n) is 3.24. The van der Waals surface area contributed by atoms with Gasteiger partial charge in [0, 0.05) is 17.5 Å². The molecule has 3 atom stereocenters. The topological polar surface area (TPSA) is 76.3 Å². The Morgan fingerprint density at radius 1 is 1.47 bits per heavy atom. The molecule has 17 heavy (non-hydrogen) atoms. The lowest BCUT2D eigenvalue weighted by atomic mass is 9.79. The molecule has 2 rings (SSSR count). The van der Waals surface area contributed by atoms with Crippen LogP contribution in [0.3, 0.4) is 0 Å². The van der Waals surface area contributed by atoms with E-state index in [1.54, 1.807) is 18.3 Å². The molecule has 5 nitrogen and oxygen atoms in total. The van der Waals surface area contributed by atoms with E-state index in [2.05, 4.69) is 4.98 Å². The van der Waals surface area contributed by atoms with Gasteiger partial charge in [-0.25, -0.2) is 4.98 Å². The predicted octanol–water partition coefficient (Wildman–Crippen LogP) is 2.01. The molecule has 0 saturated heterocycles. The molecular formula is C11H13ClN2O3. The van der Waals surface area contributed by atoms with Gasteiger partial charge in [-0.2, -0.15) is 0 Å². The standard InChI is InChI=1S/C11H13ClN2O3/c12-11-4-1-7(6-13-11)9-5-8(15)2-3-10(9)14(16)17/h1,4,6,8-10,15H,2-3,5H2/t8-,9-,10-/m1/s1. The molecule has 0 spiro atoms. The zero-order chi connectivity index (χ0) is 12.4. The molecule has 1 fully saturated rings. The van der Waals surface area contributed by atoms with Crippen molar-refractivity contribution < 1.29 is 10.0 Å². The van der Waals surface area contributed by atoms with Crippen LogP contribution in [0, 0.1) is 10.1 Å². The molecule has 0 unspecified atom stereocenters. The van der Waals surface area contributed by atoms with Crippen molar-refractivity contribution in [1.82, 2.24) is 4.98 Å². The number of aromatic nitrogens is 1. The van der Waals surface area contributed by atoms with Crippen LogP contribution in [0.1, 0.15) is 30.7 Å². The Balaban J connectivity index is 2.25. The first-order valence-corrected chi connectivity index (χ1v) is 5.88. The summed E-state index contributed by atoms with van der Waals surface area (Å²) in [7, 11) is 0. The number of aliphatic hydroxyl groups is 1. The van der Waals surface area contributed by atoms with Crippen LogP contribution in [0.25, 0.3) is 0 Å². The predicted molar refractivity (Wildman–Crippen MR) is 62.6 cm³/mol. The Morgan fingerprint density at radius 2 is 2.24 bits per heavy atom. The number of nitro groups is 1. The molecule has 1 N–H and O–H groups in total. The van der Waals surface area contributed by atoms with Crippen molar-refractivity contribution in [3.63, 3.8) is 0 Å². The van der Waals surface area contributed by atoms with E-state index in [0.29, 0.717) is 24.4 Å². The zero-order valence-electron chi connectivity index (χ0n) is 9.12. The summed E-state index contributed by atoms with van der Waals surface area (Å²) >= 11 is 5.68. The molecule has 0 radical (unpaired) electrons. The number of hydrogen-bond acceptors (Lipinski definition) is 4. The van der Waals surface area contributed by atoms with E-state index < -0.39 is 12.1 Å². The number of aliphatic hydroxyl groups excluding tert-OH is 1. The van der Waals surface area contributed by atoms with Crippen molar-refractivity contribution in [2.45, 2.75) is 37.3 Å². The largest absolute Gasteiger partial charge is 0.393 e. The fourth-order valence-corrected chi connectivity index (χ4v) is 2.46. The molecule has 6 heteroatoms. The SMILES string of the molecule is O=[N+]([O-])[C@@H]1CC[C@@H](O)C[C@@H]1c1ccc(Cl)nc1. The minimum Gasteiger partial charge on any atom is -0.393 e. The Morgan fingerprint density at radius 3 is 2.82 bits per heavy atom. The summed E-state index contributed by atoms with van der Waals surface area (Å²) in [5.41, 5.74) is 0.773. The maximum absolute atomic E-state index is 11.0. The van der Waals surface area contributed by atoms with E-state index in [9.17, 15) is 15.2 Å². The second-order valence-corrected chi connectivity index (χ2v) is 4.73. The molecule has 1 aliphatic rings. The fraction of sp³-hybridized carbons (Fsp3) is 0.545. The van der Waals surface area contributed by atoms with Crippen LogP contribution in [0.4, 0.5) is 0 Å². The van der Waals surface area contributed by atoms with Crippen molar-refractivity contribution in [1.29, 1.82) is 0 Å². The fourth-order valence-electron chi connectivity index (χ4n) is 2.35. The average molecular weight is 257 g/mol. The summed E-state index contributed by atoms with van der Waals surface area (Å²) in [6.07, 6.45) is 2.40. The van der Waals surface area contributed by atoms with Gasteiger partial charge >= 0.3 is 0 Å². The van der Waals surface area contributed by atoms with Gasteiger partial charge in [0.2, 0.25) is 6.04 Å². The molecule has 1 aromatic rings. The minimum absolute atomic E-state index is 0.259. The van der Waals surface area contributed by atoms with Crippen molar-refractivity contribution in [2.24, 2.45) is 0 Å². The van der Waals surface area contributed by atoms with Gasteiger partial charge in [-0.15, -0.1) is 0 Å². The van der Waals surface area contributed by atoms with Crippen molar-refractivity contribution >= 4 is 11.6 Å². The number of rotatable bonds is 2. The highest BCUT2D eigenvalue weighted by molar-refractivity contribution is 6.29. The maximum Gasteiger partial charge on any atom is 0.220 e. The summed E-state index contributed by atoms with van der Waals surface area (Å²) in [4.78, 5) is 14.7. The first kappa shape index (κ1) is 12.3. The van der Waals surface area contributed by atoms with E-state index >= 15 is 0 Å². The van der Waals surface area contributed by atoms with Crippen molar-refractivity contribution in [2.75, 3.05) is 0 Å². The van der Waals surface area contributed by atoms with Gasteiger partial charge in [0.15, 0.2) is 0 Å². The molecule has 0 bridgehead atoms. The van der Waals surface area contributed by atoms with Gasteiger partial charge in [0.05, 0.1) is 12.0 Å². The Kier molecular flexibility index (Phi) is 3.59. The van der Waals surface area contributed by atoms with Crippen LogP contribution in [0.15, 0.2) is 18.3 Å². The number of pyridine rings is 1. The average Bonchev–Trinajstić information content (AvgIpc) is 2.29. The number of halogens is 1. The molecular weight excluding hydrogens is 244 g/mol. The van der Waals surface area contributed by atoms with Crippen LogP contribution in [0.5, 0.6) is 0 Å². The number of hydrogen-bond donors (Lipinski definition) is 1. The molecule has 0 amide bonds. The second-order valence-electron chi connectivity index (χ2n) is 4.34. The van der Waals surface area contributed by atoms with Crippen LogP contribution in [-0.2, 0) is 0 Å². The smallest absolute Gasteiger partial charge is 0.220 e. The van der Waals surface area contributed by atoms with E-state index in [0.717, 1.165) is 5.56 Å². The summed E-state index contributed by atoms with van der Waals surface area (Å²) < 4.78 is 0. The molecule has 0 aromatic carbocycles. The van der Waals surface area contributed by atoms with Crippen molar-refractivity contribution in [3.8, 4) is 0 Å². The first-order valence-electron chi connectivity index (χ1n) is 5.51. The summed E-state index contributed by atoms with van der Waals surface area (Å²) in [5, 5.41) is 21.0. The quantitative estimate of drug-likeness (QED) is 0.499. The van der Waals surface area contributed by atoms with Crippen LogP contribution >= 0.6 is 11.6 Å². The Hall–Kier alpha value is -1.20. The van der Waals surface area contributed by atoms with Crippen LogP contribution in [0.2, 0.25) is 5.15 Å². The van der Waals surface area contributed by atoms with Gasteiger partial charge in [-0.05, 0) is 24.5 Å². The highest BCUT2D eigenvalue weighted by Crippen LogP contribution is 2.34. The monoisotopic (exact) mass is 256 g/mol. The number of nitrogens with zero attached hydrogens (tertiary/aromatic N) is 2. The molecule has 1 saturated carbocycles. The van der Waals surface area contributed by atoms with Gasteiger partial charge in [-0.1, -0.05) is 17.7 Å². The van der Waals surface area contributed by atoms with Gasteiger partial charge in [-0.3, -0.25) is 10.1 Å². The van der Waals surface area contributed by atoms with E-state index in [1.807, 2.05) is 0 Å². The minimum atomic E-state index is -0.638. The van der Waals surface area contributed by atoms with Crippen molar-refractivity contribution in [3.05, 3.63) is 39.2 Å².